The third-order valence-corrected chi connectivity index (χ3v) is 10.7. The summed E-state index contributed by atoms with van der Waals surface area (Å²) in [6.07, 6.45) is 10.3. The Balaban J connectivity index is 0.000000399. The highest BCUT2D eigenvalue weighted by atomic mass is 16.5. The first-order chi connectivity index (χ1) is 24.8. The lowest BCUT2D eigenvalue weighted by molar-refractivity contribution is -0.141. The van der Waals surface area contributed by atoms with Crippen molar-refractivity contribution in [2.75, 3.05) is 39.6 Å². The van der Waals surface area contributed by atoms with E-state index in [2.05, 4.69) is 12.2 Å². The van der Waals surface area contributed by atoms with Gasteiger partial charge in [0.05, 0.1) is 26.4 Å². The Morgan fingerprint density at radius 1 is 0.453 bits per heavy atom. The second-order valence-corrected chi connectivity index (χ2v) is 17.1. The minimum Gasteiger partial charge on any atom is -0.377 e. The summed E-state index contributed by atoms with van der Waals surface area (Å²) < 4.78 is 15.6. The van der Waals surface area contributed by atoms with Gasteiger partial charge in [0.1, 0.15) is 36.3 Å². The lowest BCUT2D eigenvalue weighted by Gasteiger charge is -2.44. The molecule has 0 aliphatic heterocycles. The quantitative estimate of drug-likeness (QED) is 0.0899. The fourth-order valence-corrected chi connectivity index (χ4v) is 7.21. The Kier molecular flexibility index (Phi) is 22.9. The van der Waals surface area contributed by atoms with Crippen molar-refractivity contribution >= 4 is 34.7 Å². The zero-order valence-electron chi connectivity index (χ0n) is 35.2. The predicted octanol–water partition coefficient (Wildman–Crippen LogP) is 7.99. The van der Waals surface area contributed by atoms with Gasteiger partial charge >= 0.3 is 0 Å². The van der Waals surface area contributed by atoms with Crippen molar-refractivity contribution in [2.45, 2.75) is 122 Å². The topological polar surface area (TPSA) is 130 Å². The van der Waals surface area contributed by atoms with E-state index in [0.717, 1.165) is 38.5 Å². The zero-order valence-corrected chi connectivity index (χ0v) is 35.2. The highest BCUT2D eigenvalue weighted by Gasteiger charge is 2.48. The minimum atomic E-state index is -0.0522. The largest absolute Gasteiger partial charge is 0.377 e. The van der Waals surface area contributed by atoms with Crippen LogP contribution < -0.4 is 0 Å². The molecule has 0 N–H and O–H groups in total. The van der Waals surface area contributed by atoms with Gasteiger partial charge in [-0.2, -0.15) is 0 Å². The van der Waals surface area contributed by atoms with Crippen LogP contribution in [0.15, 0.2) is 12.2 Å². The van der Waals surface area contributed by atoms with Crippen molar-refractivity contribution in [3.63, 3.8) is 0 Å². The van der Waals surface area contributed by atoms with Gasteiger partial charge in [-0.05, 0) is 43.9 Å². The van der Waals surface area contributed by atoms with Gasteiger partial charge in [0.25, 0.3) is 0 Å². The molecule has 9 heteroatoms. The molecule has 2 saturated carbocycles. The average Bonchev–Trinajstić information content (AvgIpc) is 3.12. The van der Waals surface area contributed by atoms with Crippen LogP contribution in [0, 0.1) is 71.0 Å². The van der Waals surface area contributed by atoms with Gasteiger partial charge in [0.15, 0.2) is 11.6 Å². The van der Waals surface area contributed by atoms with Crippen molar-refractivity contribution in [2.24, 2.45) is 71.0 Å². The minimum absolute atomic E-state index is 0.00723. The number of ether oxygens (including phenoxy) is 3. The van der Waals surface area contributed by atoms with Crippen LogP contribution in [-0.4, -0.2) is 74.3 Å². The van der Waals surface area contributed by atoms with Gasteiger partial charge in [-0.1, -0.05) is 102 Å². The molecule has 4 aliphatic carbocycles. The second-order valence-electron chi connectivity index (χ2n) is 17.1. The van der Waals surface area contributed by atoms with Gasteiger partial charge in [-0.3, -0.25) is 28.8 Å². The molecule has 53 heavy (non-hydrogen) atoms. The van der Waals surface area contributed by atoms with E-state index < -0.39 is 0 Å². The summed E-state index contributed by atoms with van der Waals surface area (Å²) in [5.41, 5.74) is 0. The molecule has 9 nitrogen and oxygen atoms in total. The van der Waals surface area contributed by atoms with Crippen LogP contribution in [0.1, 0.15) is 122 Å². The summed E-state index contributed by atoms with van der Waals surface area (Å²) in [7, 11) is 0. The lowest BCUT2D eigenvalue weighted by atomic mass is 9.58. The Labute approximate surface area is 321 Å². The number of Topliss-reactive ketones (excluding diaryl/α,β-unsaturated/α-hetero) is 6. The number of rotatable bonds is 20. The van der Waals surface area contributed by atoms with Crippen LogP contribution in [0.2, 0.25) is 0 Å². The van der Waals surface area contributed by atoms with Crippen LogP contribution in [0.3, 0.4) is 0 Å². The van der Waals surface area contributed by atoms with Gasteiger partial charge in [0.2, 0.25) is 0 Å². The van der Waals surface area contributed by atoms with Gasteiger partial charge in [0, 0.05) is 59.2 Å². The summed E-state index contributed by atoms with van der Waals surface area (Å²) in [5, 5.41) is 0. The highest BCUT2D eigenvalue weighted by molar-refractivity contribution is 5.93. The predicted molar refractivity (Wildman–Crippen MR) is 209 cm³/mol. The maximum Gasteiger partial charge on any atom is 0.160 e. The number of fused-ring (bicyclic) bond motifs is 2. The molecule has 6 atom stereocenters. The molecule has 2 bridgehead atoms. The fourth-order valence-electron chi connectivity index (χ4n) is 7.21. The Hall–Kier alpha value is -2.36. The number of allylic oxidation sites excluding steroid dienone is 2. The summed E-state index contributed by atoms with van der Waals surface area (Å²) in [6.45, 7) is 24.9. The van der Waals surface area contributed by atoms with Crippen LogP contribution in [-0.2, 0) is 43.0 Å². The van der Waals surface area contributed by atoms with E-state index >= 15 is 0 Å². The summed E-state index contributed by atoms with van der Waals surface area (Å²) in [5.74, 6) is 2.53. The summed E-state index contributed by atoms with van der Waals surface area (Å²) >= 11 is 0. The molecule has 0 radical (unpaired) electrons. The van der Waals surface area contributed by atoms with E-state index in [-0.39, 0.29) is 95.5 Å². The Morgan fingerprint density at radius 3 is 1.06 bits per heavy atom. The van der Waals surface area contributed by atoms with E-state index in [9.17, 15) is 28.8 Å². The fraction of sp³-hybridized carbons (Fsp3) is 0.818. The lowest BCUT2D eigenvalue weighted by Crippen LogP contribution is -2.47. The molecule has 0 amide bonds. The third-order valence-electron chi connectivity index (χ3n) is 10.7. The summed E-state index contributed by atoms with van der Waals surface area (Å²) in [6, 6.07) is 0. The first-order valence-electron chi connectivity index (χ1n) is 20.4. The van der Waals surface area contributed by atoms with Gasteiger partial charge in [-0.25, -0.2) is 0 Å². The van der Waals surface area contributed by atoms with E-state index in [0.29, 0.717) is 49.8 Å². The molecule has 304 valence electrons. The third kappa shape index (κ3) is 16.9. The van der Waals surface area contributed by atoms with E-state index in [1.165, 1.54) is 0 Å². The first-order valence-corrected chi connectivity index (χ1v) is 20.4. The molecule has 0 heterocycles. The van der Waals surface area contributed by atoms with Crippen molar-refractivity contribution in [1.82, 2.24) is 0 Å². The number of carbonyl (C=O) groups is 6. The van der Waals surface area contributed by atoms with E-state index in [4.69, 9.17) is 14.2 Å². The molecule has 4 aliphatic rings. The normalized spacial score (nSPS) is 23.6. The van der Waals surface area contributed by atoms with E-state index in [1.54, 1.807) is 0 Å². The molecule has 2 fully saturated rings. The van der Waals surface area contributed by atoms with Crippen LogP contribution in [0.25, 0.3) is 0 Å². The maximum atomic E-state index is 12.4. The van der Waals surface area contributed by atoms with Crippen molar-refractivity contribution in [3.8, 4) is 0 Å². The van der Waals surface area contributed by atoms with Crippen molar-refractivity contribution in [3.05, 3.63) is 12.2 Å². The van der Waals surface area contributed by atoms with Crippen molar-refractivity contribution in [1.29, 1.82) is 0 Å². The SMILES string of the molecule is CC(C)C(=O)COCCOCCOCC(=O)C(C)C.CC(C)C(=O)[C@H]1C2C=CC(CC2)[C@@H]1C(=O)C(C)C.CC(C)C(=O)[C@H]1CCC[C@H](C(=O)C(C)C)C1. The standard InChI is InChI=1S/C16H24O2.C14H26O5.C14H24O2/c1-9(2)15(17)13-11-5-7-12(8-6-11)14(13)16(18)10(3)4;1-11(2)13(15)9-18-7-5-17-6-8-19-10-14(16)12(3)4;1-9(2)13(15)11-6-5-7-12(8-11)14(16)10(3)4/h5,7,9-14H,6,8H2,1-4H3;11-12H,5-10H2,1-4H3;9-12H,5-8H2,1-4H3/t11?,12?,13-,14-;;11-,12-/m0.0/s1. The van der Waals surface area contributed by atoms with Crippen LogP contribution in [0.5, 0.6) is 0 Å². The maximum absolute atomic E-state index is 12.4. The Bertz CT molecular complexity index is 1110. The smallest absolute Gasteiger partial charge is 0.160 e. The number of hydrogen-bond acceptors (Lipinski definition) is 9. The van der Waals surface area contributed by atoms with Gasteiger partial charge < -0.3 is 14.2 Å². The van der Waals surface area contributed by atoms with Gasteiger partial charge in [-0.15, -0.1) is 0 Å². The van der Waals surface area contributed by atoms with Crippen LogP contribution >= 0.6 is 0 Å². The first kappa shape index (κ1) is 48.7. The molecule has 0 aromatic rings. The molecular weight excluding hydrogens is 672 g/mol. The zero-order chi connectivity index (χ0) is 40.4. The molecular formula is C44H74O9. The molecule has 0 saturated heterocycles. The van der Waals surface area contributed by atoms with E-state index in [1.807, 2.05) is 83.1 Å². The van der Waals surface area contributed by atoms with Crippen molar-refractivity contribution < 1.29 is 43.0 Å². The number of hydrogen-bond donors (Lipinski definition) is 0. The Morgan fingerprint density at radius 2 is 0.774 bits per heavy atom. The molecule has 0 aromatic carbocycles. The van der Waals surface area contributed by atoms with Crippen LogP contribution in [0.4, 0.5) is 0 Å². The second kappa shape index (κ2) is 24.9. The highest BCUT2D eigenvalue weighted by Crippen LogP contribution is 2.47. The average molecular weight is 747 g/mol. The molecule has 0 aromatic heterocycles. The molecule has 2 unspecified atom stereocenters. The molecule has 0 spiro atoms. The summed E-state index contributed by atoms with van der Waals surface area (Å²) in [4.78, 5) is 71.2. The number of ketones is 6. The number of carbonyl (C=O) groups excluding carboxylic acids is 6. The monoisotopic (exact) mass is 747 g/mol. The molecule has 4 rings (SSSR count).